The number of unbranched alkanes of at least 4 members (excludes halogenated alkanes) is 1. The predicted molar refractivity (Wildman–Crippen MR) is 77.7 cm³/mol. The van der Waals surface area contributed by atoms with Gasteiger partial charge >= 0.3 is 0 Å². The number of hydrogen-bond acceptors (Lipinski definition) is 3. The van der Waals surface area contributed by atoms with E-state index in [1.54, 1.807) is 13.3 Å². The van der Waals surface area contributed by atoms with Gasteiger partial charge in [-0.2, -0.15) is 0 Å². The maximum atomic E-state index is 13.8. The Morgan fingerprint density at radius 3 is 2.75 bits per heavy atom. The highest BCUT2D eigenvalue weighted by molar-refractivity contribution is 6.42. The van der Waals surface area contributed by atoms with Crippen LogP contribution < -0.4 is 0 Å². The highest BCUT2D eigenvalue weighted by Crippen LogP contribution is 2.19. The Bertz CT molecular complexity index is 628. The first-order valence-corrected chi connectivity index (χ1v) is 6.41. The maximum absolute atomic E-state index is 13.8. The van der Waals surface area contributed by atoms with Crippen LogP contribution in [0.2, 0.25) is 0 Å². The molecule has 0 aliphatic carbocycles. The molecule has 0 radical (unpaired) electrons. The smallest absolute Gasteiger partial charge is 0.169 e. The summed E-state index contributed by atoms with van der Waals surface area (Å²) >= 11 is 0. The first-order chi connectivity index (χ1) is 9.67. The quantitative estimate of drug-likeness (QED) is 0.754. The van der Waals surface area contributed by atoms with Crippen molar-refractivity contribution in [3.8, 4) is 0 Å². The van der Waals surface area contributed by atoms with Gasteiger partial charge in [-0.1, -0.05) is 25.5 Å². The second-order valence-electron chi connectivity index (χ2n) is 4.30. The van der Waals surface area contributed by atoms with Crippen LogP contribution in [0.15, 0.2) is 44.9 Å². The van der Waals surface area contributed by atoms with Gasteiger partial charge in [-0.3, -0.25) is 4.99 Å². The molecule has 1 aliphatic rings. The zero-order valence-corrected chi connectivity index (χ0v) is 11.4. The van der Waals surface area contributed by atoms with E-state index < -0.39 is 11.6 Å². The van der Waals surface area contributed by atoms with Crippen LogP contribution in [-0.2, 0) is 0 Å². The van der Waals surface area contributed by atoms with E-state index in [1.807, 2.05) is 13.0 Å². The van der Waals surface area contributed by atoms with Crippen LogP contribution in [0.3, 0.4) is 0 Å². The summed E-state index contributed by atoms with van der Waals surface area (Å²) in [6.45, 7) is 2.05. The third-order valence-corrected chi connectivity index (χ3v) is 2.79. The number of amidine groups is 1. The van der Waals surface area contributed by atoms with Gasteiger partial charge in [0.05, 0.1) is 11.3 Å². The van der Waals surface area contributed by atoms with Crippen LogP contribution in [-0.4, -0.2) is 24.8 Å². The average Bonchev–Trinajstić information content (AvgIpc) is 2.83. The summed E-state index contributed by atoms with van der Waals surface area (Å²) in [5.41, 5.74) is 1.28. The Kier molecular flexibility index (Phi) is 4.50. The lowest BCUT2D eigenvalue weighted by atomic mass is 10.2. The fourth-order valence-corrected chi connectivity index (χ4v) is 1.81. The van der Waals surface area contributed by atoms with Crippen molar-refractivity contribution in [2.75, 3.05) is 7.05 Å². The van der Waals surface area contributed by atoms with Gasteiger partial charge in [-0.15, -0.1) is 0 Å². The van der Waals surface area contributed by atoms with Gasteiger partial charge in [-0.25, -0.2) is 18.8 Å². The Hall–Kier alpha value is -2.17. The summed E-state index contributed by atoms with van der Waals surface area (Å²) in [5, 5.41) is 0. The molecule has 0 fully saturated rings. The molecular weight excluding hydrogens is 260 g/mol. The summed E-state index contributed by atoms with van der Waals surface area (Å²) < 4.78 is 27.0. The van der Waals surface area contributed by atoms with Crippen molar-refractivity contribution in [2.45, 2.75) is 19.8 Å². The molecule has 1 aromatic rings. The lowest BCUT2D eigenvalue weighted by molar-refractivity contribution is 0.507. The molecule has 0 bridgehead atoms. The lowest BCUT2D eigenvalue weighted by Gasteiger charge is -1.99. The zero-order valence-electron chi connectivity index (χ0n) is 11.4. The van der Waals surface area contributed by atoms with Crippen molar-refractivity contribution in [1.82, 2.24) is 0 Å². The maximum Gasteiger partial charge on any atom is 0.169 e. The van der Waals surface area contributed by atoms with Crippen molar-refractivity contribution in [3.05, 3.63) is 47.2 Å². The predicted octanol–water partition coefficient (Wildman–Crippen LogP) is 3.55. The van der Waals surface area contributed by atoms with Crippen LogP contribution in [0.4, 0.5) is 8.78 Å². The second-order valence-corrected chi connectivity index (χ2v) is 4.30. The molecule has 0 atom stereocenters. The number of nitrogens with zero attached hydrogens (tertiary/aromatic N) is 3. The largest absolute Gasteiger partial charge is 0.294 e. The minimum Gasteiger partial charge on any atom is -0.294 e. The number of halogens is 2. The zero-order chi connectivity index (χ0) is 14.5. The molecule has 0 spiro atoms. The topological polar surface area (TPSA) is 37.1 Å². The van der Waals surface area contributed by atoms with Gasteiger partial charge in [0.15, 0.2) is 17.5 Å². The fraction of sp³-hybridized carbons (Fsp3) is 0.267. The van der Waals surface area contributed by atoms with E-state index in [-0.39, 0.29) is 11.4 Å². The van der Waals surface area contributed by atoms with Crippen molar-refractivity contribution < 1.29 is 8.78 Å². The fourth-order valence-electron chi connectivity index (χ4n) is 1.81. The molecule has 0 saturated carbocycles. The highest BCUT2D eigenvalue weighted by Gasteiger charge is 2.20. The van der Waals surface area contributed by atoms with E-state index in [9.17, 15) is 8.78 Å². The van der Waals surface area contributed by atoms with E-state index in [0.29, 0.717) is 11.4 Å². The van der Waals surface area contributed by atoms with Gasteiger partial charge in [0.1, 0.15) is 5.71 Å². The number of rotatable bonds is 4. The van der Waals surface area contributed by atoms with E-state index in [4.69, 9.17) is 0 Å². The standard InChI is InChI=1S/C15H15F2N3/c1-3-4-8-12-13(9-18-2)20-15(19-12)10-6-5-7-11(16)14(10)17/h5-9H,3-4H2,1-2H3/b12-8+,18-9?. The van der Waals surface area contributed by atoms with Crippen LogP contribution in [0.5, 0.6) is 0 Å². The molecule has 3 nitrogen and oxygen atoms in total. The number of hydrogen-bond donors (Lipinski definition) is 0. The molecule has 1 heterocycles. The third-order valence-electron chi connectivity index (χ3n) is 2.79. The Labute approximate surface area is 116 Å². The molecule has 0 unspecified atom stereocenters. The third kappa shape index (κ3) is 2.87. The van der Waals surface area contributed by atoms with Crippen LogP contribution in [0, 0.1) is 11.6 Å². The van der Waals surface area contributed by atoms with Crippen LogP contribution in [0.25, 0.3) is 0 Å². The van der Waals surface area contributed by atoms with Crippen molar-refractivity contribution >= 4 is 17.8 Å². The molecule has 0 amide bonds. The van der Waals surface area contributed by atoms with Gasteiger partial charge in [0.2, 0.25) is 0 Å². The summed E-state index contributed by atoms with van der Waals surface area (Å²) in [6, 6.07) is 3.97. The molecule has 1 aliphatic heterocycles. The van der Waals surface area contributed by atoms with Gasteiger partial charge in [-0.05, 0) is 18.6 Å². The van der Waals surface area contributed by atoms with Crippen LogP contribution >= 0.6 is 0 Å². The number of benzene rings is 1. The minimum atomic E-state index is -0.931. The molecule has 104 valence electrons. The molecular formula is C15H15F2N3. The molecule has 20 heavy (non-hydrogen) atoms. The number of aliphatic imine (C=N–C) groups is 3. The SMILES string of the molecule is CCC/C=C1/N=C(c2cccc(F)c2F)N=C1C=NC. The van der Waals surface area contributed by atoms with Gasteiger partial charge < -0.3 is 0 Å². The second kappa shape index (κ2) is 6.32. The molecule has 0 saturated heterocycles. The summed E-state index contributed by atoms with van der Waals surface area (Å²) in [5.74, 6) is -1.66. The van der Waals surface area contributed by atoms with E-state index in [2.05, 4.69) is 15.0 Å². The Morgan fingerprint density at radius 2 is 2.05 bits per heavy atom. The van der Waals surface area contributed by atoms with Crippen LogP contribution in [0.1, 0.15) is 25.3 Å². The molecule has 1 aromatic carbocycles. The molecule has 5 heteroatoms. The minimum absolute atomic E-state index is 0.0619. The normalized spacial score (nSPS) is 16.9. The summed E-state index contributed by atoms with van der Waals surface area (Å²) in [4.78, 5) is 12.4. The molecule has 0 aromatic heterocycles. The van der Waals surface area contributed by atoms with Crippen molar-refractivity contribution in [2.24, 2.45) is 15.0 Å². The lowest BCUT2D eigenvalue weighted by Crippen LogP contribution is -2.02. The Balaban J connectivity index is 2.44. The van der Waals surface area contributed by atoms with Gasteiger partial charge in [0, 0.05) is 13.3 Å². The molecule has 0 N–H and O–H groups in total. The summed E-state index contributed by atoms with van der Waals surface area (Å²) in [6.07, 6.45) is 5.30. The van der Waals surface area contributed by atoms with E-state index >= 15 is 0 Å². The number of allylic oxidation sites excluding steroid dienone is 2. The highest BCUT2D eigenvalue weighted by atomic mass is 19.2. The van der Waals surface area contributed by atoms with Crippen molar-refractivity contribution in [1.29, 1.82) is 0 Å². The molecule has 2 rings (SSSR count). The first kappa shape index (κ1) is 14.2. The average molecular weight is 275 g/mol. The van der Waals surface area contributed by atoms with Gasteiger partial charge in [0.25, 0.3) is 0 Å². The summed E-state index contributed by atoms with van der Waals surface area (Å²) in [7, 11) is 1.63. The van der Waals surface area contributed by atoms with Crippen molar-refractivity contribution in [3.63, 3.8) is 0 Å². The first-order valence-electron chi connectivity index (χ1n) is 6.41. The van der Waals surface area contributed by atoms with E-state index in [0.717, 1.165) is 18.9 Å². The monoisotopic (exact) mass is 275 g/mol. The van der Waals surface area contributed by atoms with E-state index in [1.165, 1.54) is 12.1 Å². The Morgan fingerprint density at radius 1 is 1.25 bits per heavy atom.